The summed E-state index contributed by atoms with van der Waals surface area (Å²) in [5.41, 5.74) is 0.838. The predicted octanol–water partition coefficient (Wildman–Crippen LogP) is 2.57. The maximum atomic E-state index is 6.08. The van der Waals surface area contributed by atoms with Gasteiger partial charge in [-0.15, -0.1) is 10.2 Å². The van der Waals surface area contributed by atoms with E-state index >= 15 is 0 Å². The summed E-state index contributed by atoms with van der Waals surface area (Å²) in [5.74, 6) is 8.97. The Balaban J connectivity index is 2.26. The van der Waals surface area contributed by atoms with E-state index in [1.54, 1.807) is 26.0 Å². The summed E-state index contributed by atoms with van der Waals surface area (Å²) in [6.45, 7) is 2.16. The number of aromatic nitrogens is 3. The van der Waals surface area contributed by atoms with Crippen LogP contribution < -0.4 is 15.3 Å². The van der Waals surface area contributed by atoms with Gasteiger partial charge in [-0.2, -0.15) is 0 Å². The topological polar surface area (TPSA) is 75.2 Å². The number of rotatable bonds is 7. The molecule has 0 aliphatic rings. The summed E-state index contributed by atoms with van der Waals surface area (Å²) >= 11 is 1.61. The van der Waals surface area contributed by atoms with Crippen LogP contribution in [0.1, 0.15) is 19.8 Å². The molecule has 0 aliphatic heterocycles. The van der Waals surface area contributed by atoms with E-state index in [2.05, 4.69) is 17.1 Å². The zero-order valence-corrected chi connectivity index (χ0v) is 13.3. The van der Waals surface area contributed by atoms with E-state index in [0.717, 1.165) is 24.2 Å². The molecule has 114 valence electrons. The molecule has 2 N–H and O–H groups in total. The van der Waals surface area contributed by atoms with Gasteiger partial charge in [0.15, 0.2) is 17.3 Å². The molecule has 21 heavy (non-hydrogen) atoms. The maximum Gasteiger partial charge on any atom is 0.210 e. The Labute approximate surface area is 128 Å². The molecule has 1 aromatic carbocycles. The number of nitrogens with two attached hydrogens (primary N) is 1. The summed E-state index contributed by atoms with van der Waals surface area (Å²) in [6, 6.07) is 5.55. The number of nitrogen functional groups attached to an aromatic ring is 1. The second-order valence-corrected chi connectivity index (χ2v) is 5.51. The molecule has 1 heterocycles. The number of thioether (sulfide) groups is 1. The fourth-order valence-corrected chi connectivity index (χ4v) is 2.80. The SMILES string of the molecule is CCCCSc1nnc(-c2ccc(OC)c(OC)c2)n1N. The molecule has 0 unspecified atom stereocenters. The summed E-state index contributed by atoms with van der Waals surface area (Å²) in [4.78, 5) is 0. The average Bonchev–Trinajstić information content (AvgIpc) is 2.88. The van der Waals surface area contributed by atoms with Crippen LogP contribution in [0.4, 0.5) is 0 Å². The Hall–Kier alpha value is -1.89. The lowest BCUT2D eigenvalue weighted by molar-refractivity contribution is 0.355. The minimum absolute atomic E-state index is 0.606. The molecule has 2 aromatic rings. The van der Waals surface area contributed by atoms with Gasteiger partial charge in [0.1, 0.15) is 0 Å². The minimum Gasteiger partial charge on any atom is -0.493 e. The van der Waals surface area contributed by atoms with E-state index < -0.39 is 0 Å². The monoisotopic (exact) mass is 308 g/mol. The molecule has 0 fully saturated rings. The first-order valence-corrected chi connectivity index (χ1v) is 7.75. The van der Waals surface area contributed by atoms with Crippen LogP contribution in [0.5, 0.6) is 11.5 Å². The molecule has 7 heteroatoms. The van der Waals surface area contributed by atoms with Gasteiger partial charge in [0.05, 0.1) is 14.2 Å². The number of unbranched alkanes of at least 4 members (excludes halogenated alkanes) is 1. The minimum atomic E-state index is 0.606. The normalized spacial score (nSPS) is 10.6. The number of nitrogens with zero attached hydrogens (tertiary/aromatic N) is 3. The first-order valence-electron chi connectivity index (χ1n) is 6.77. The van der Waals surface area contributed by atoms with Gasteiger partial charge >= 0.3 is 0 Å². The van der Waals surface area contributed by atoms with E-state index in [0.29, 0.717) is 22.5 Å². The van der Waals surface area contributed by atoms with Crippen molar-refractivity contribution in [2.75, 3.05) is 25.8 Å². The Morgan fingerprint density at radius 3 is 2.62 bits per heavy atom. The standard InChI is InChI=1S/C14H20N4O2S/c1-4-5-8-21-14-17-16-13(18(14)15)10-6-7-11(19-2)12(9-10)20-3/h6-7,9H,4-5,8,15H2,1-3H3. The molecular weight excluding hydrogens is 288 g/mol. The van der Waals surface area contributed by atoms with Gasteiger partial charge in [-0.3, -0.25) is 0 Å². The molecule has 1 aromatic heterocycles. The molecule has 0 atom stereocenters. The maximum absolute atomic E-state index is 6.08. The van der Waals surface area contributed by atoms with E-state index in [9.17, 15) is 0 Å². The van der Waals surface area contributed by atoms with Gasteiger partial charge in [0.25, 0.3) is 0 Å². The number of benzene rings is 1. The van der Waals surface area contributed by atoms with Crippen molar-refractivity contribution in [1.29, 1.82) is 0 Å². The Bertz CT molecular complexity index is 601. The quantitative estimate of drug-likeness (QED) is 0.481. The summed E-state index contributed by atoms with van der Waals surface area (Å²) in [6.07, 6.45) is 2.28. The fourth-order valence-electron chi connectivity index (χ4n) is 1.86. The van der Waals surface area contributed by atoms with Crippen molar-refractivity contribution < 1.29 is 9.47 Å². The van der Waals surface area contributed by atoms with Crippen LogP contribution in [0.25, 0.3) is 11.4 Å². The second kappa shape index (κ2) is 7.21. The van der Waals surface area contributed by atoms with Gasteiger partial charge in [-0.05, 0) is 24.6 Å². The smallest absolute Gasteiger partial charge is 0.210 e. The van der Waals surface area contributed by atoms with E-state index in [1.165, 1.54) is 4.68 Å². The predicted molar refractivity (Wildman–Crippen MR) is 84.3 cm³/mol. The lowest BCUT2D eigenvalue weighted by atomic mass is 10.2. The number of hydrogen-bond donors (Lipinski definition) is 1. The first kappa shape index (κ1) is 15.5. The van der Waals surface area contributed by atoms with E-state index in [1.807, 2.05) is 18.2 Å². The molecule has 0 amide bonds. The van der Waals surface area contributed by atoms with Crippen LogP contribution in [0.3, 0.4) is 0 Å². The Morgan fingerprint density at radius 2 is 1.95 bits per heavy atom. The van der Waals surface area contributed by atoms with Gasteiger partial charge in [0.2, 0.25) is 5.16 Å². The third-order valence-electron chi connectivity index (χ3n) is 3.04. The zero-order valence-electron chi connectivity index (χ0n) is 12.5. The van der Waals surface area contributed by atoms with Gasteiger partial charge < -0.3 is 15.3 Å². The third-order valence-corrected chi connectivity index (χ3v) is 4.06. The average molecular weight is 308 g/mol. The summed E-state index contributed by atoms with van der Waals surface area (Å²) in [7, 11) is 3.20. The Kier molecular flexibility index (Phi) is 5.32. The van der Waals surface area contributed by atoms with Crippen LogP contribution in [0.15, 0.2) is 23.4 Å². The largest absolute Gasteiger partial charge is 0.493 e. The van der Waals surface area contributed by atoms with Crippen molar-refractivity contribution in [3.8, 4) is 22.9 Å². The molecular formula is C14H20N4O2S. The van der Waals surface area contributed by atoms with Crippen molar-refractivity contribution in [1.82, 2.24) is 14.9 Å². The van der Waals surface area contributed by atoms with Crippen LogP contribution in [-0.2, 0) is 0 Å². The highest BCUT2D eigenvalue weighted by Gasteiger charge is 2.14. The summed E-state index contributed by atoms with van der Waals surface area (Å²) < 4.78 is 12.0. The molecule has 0 spiro atoms. The van der Waals surface area contributed by atoms with Crippen LogP contribution in [-0.4, -0.2) is 34.8 Å². The Morgan fingerprint density at radius 1 is 1.19 bits per heavy atom. The van der Waals surface area contributed by atoms with Crippen LogP contribution >= 0.6 is 11.8 Å². The second-order valence-electron chi connectivity index (χ2n) is 4.45. The highest BCUT2D eigenvalue weighted by Crippen LogP contribution is 2.32. The van der Waals surface area contributed by atoms with E-state index in [-0.39, 0.29) is 0 Å². The number of ether oxygens (including phenoxy) is 2. The molecule has 2 rings (SSSR count). The highest BCUT2D eigenvalue weighted by atomic mass is 32.2. The van der Waals surface area contributed by atoms with Crippen molar-refractivity contribution in [3.05, 3.63) is 18.2 Å². The highest BCUT2D eigenvalue weighted by molar-refractivity contribution is 7.99. The van der Waals surface area contributed by atoms with Crippen molar-refractivity contribution in [2.45, 2.75) is 24.9 Å². The van der Waals surface area contributed by atoms with Crippen molar-refractivity contribution >= 4 is 11.8 Å². The summed E-state index contributed by atoms with van der Waals surface area (Å²) in [5, 5.41) is 9.02. The molecule has 0 aliphatic carbocycles. The molecule has 0 bridgehead atoms. The van der Waals surface area contributed by atoms with Crippen LogP contribution in [0.2, 0.25) is 0 Å². The molecule has 0 radical (unpaired) electrons. The fraction of sp³-hybridized carbons (Fsp3) is 0.429. The first-order chi connectivity index (χ1) is 10.2. The lowest BCUT2D eigenvalue weighted by Gasteiger charge is -2.09. The van der Waals surface area contributed by atoms with E-state index in [4.69, 9.17) is 15.3 Å². The molecule has 0 saturated carbocycles. The van der Waals surface area contributed by atoms with Gasteiger partial charge in [-0.25, -0.2) is 4.68 Å². The third kappa shape index (κ3) is 3.41. The zero-order chi connectivity index (χ0) is 15.2. The van der Waals surface area contributed by atoms with Crippen LogP contribution in [0, 0.1) is 0 Å². The molecule has 6 nitrogen and oxygen atoms in total. The molecule has 0 saturated heterocycles. The number of methoxy groups -OCH3 is 2. The van der Waals surface area contributed by atoms with Crippen molar-refractivity contribution in [2.24, 2.45) is 0 Å². The van der Waals surface area contributed by atoms with Gasteiger partial charge in [0, 0.05) is 11.3 Å². The lowest BCUT2D eigenvalue weighted by Crippen LogP contribution is -2.11. The van der Waals surface area contributed by atoms with Gasteiger partial charge in [-0.1, -0.05) is 25.1 Å². The number of hydrogen-bond acceptors (Lipinski definition) is 6. The van der Waals surface area contributed by atoms with Crippen molar-refractivity contribution in [3.63, 3.8) is 0 Å².